The molecule has 1 atom stereocenters. The summed E-state index contributed by atoms with van der Waals surface area (Å²) in [6.07, 6.45) is 5.27. The van der Waals surface area contributed by atoms with E-state index in [1.54, 1.807) is 55.7 Å². The van der Waals surface area contributed by atoms with E-state index in [9.17, 15) is 9.59 Å². The Hall–Kier alpha value is -3.56. The number of rotatable bonds is 8. The van der Waals surface area contributed by atoms with Crippen molar-refractivity contribution in [3.8, 4) is 11.5 Å². The Morgan fingerprint density at radius 2 is 1.94 bits per heavy atom. The van der Waals surface area contributed by atoms with Crippen molar-refractivity contribution in [2.75, 3.05) is 27.1 Å². The topological polar surface area (TPSA) is 79.1 Å². The number of thioether (sulfide) groups is 1. The summed E-state index contributed by atoms with van der Waals surface area (Å²) in [7, 11) is 3.15. The van der Waals surface area contributed by atoms with E-state index in [0.29, 0.717) is 32.1 Å². The van der Waals surface area contributed by atoms with Crippen molar-refractivity contribution in [3.63, 3.8) is 0 Å². The maximum absolute atomic E-state index is 13.8. The lowest BCUT2D eigenvalue weighted by Crippen LogP contribution is -2.39. The Labute approximate surface area is 217 Å². The van der Waals surface area contributed by atoms with Gasteiger partial charge in [0.15, 0.2) is 4.80 Å². The second-order valence-electron chi connectivity index (χ2n) is 7.85. The molecule has 0 radical (unpaired) electrons. The molecule has 0 N–H and O–H groups in total. The largest absolute Gasteiger partial charge is 0.497 e. The molecular weight excluding hydrogens is 496 g/mol. The molecule has 1 aromatic heterocycles. The van der Waals surface area contributed by atoms with Gasteiger partial charge in [-0.3, -0.25) is 9.36 Å². The first-order valence-corrected chi connectivity index (χ1v) is 13.1. The monoisotopic (exact) mass is 522 g/mol. The Balaban J connectivity index is 1.92. The maximum Gasteiger partial charge on any atom is 0.338 e. The molecule has 0 saturated carbocycles. The summed E-state index contributed by atoms with van der Waals surface area (Å²) in [6, 6.07) is 12.5. The summed E-state index contributed by atoms with van der Waals surface area (Å²) in [5.74, 6) is 0.702. The molecule has 3 aromatic rings. The van der Waals surface area contributed by atoms with Gasteiger partial charge in [0.25, 0.3) is 5.56 Å². The van der Waals surface area contributed by atoms with Crippen LogP contribution >= 0.6 is 23.1 Å². The first-order chi connectivity index (χ1) is 17.4. The first kappa shape index (κ1) is 25.5. The van der Waals surface area contributed by atoms with E-state index in [1.165, 1.54) is 17.4 Å². The molecule has 1 aliphatic heterocycles. The van der Waals surface area contributed by atoms with Crippen molar-refractivity contribution >= 4 is 35.1 Å². The summed E-state index contributed by atoms with van der Waals surface area (Å²) in [5, 5.41) is 0. The highest BCUT2D eigenvalue weighted by Gasteiger charge is 2.33. The van der Waals surface area contributed by atoms with Crippen molar-refractivity contribution in [3.05, 3.63) is 97.2 Å². The Bertz CT molecular complexity index is 1520. The van der Waals surface area contributed by atoms with Crippen LogP contribution in [0.5, 0.6) is 11.5 Å². The quantitative estimate of drug-likeness (QED) is 0.255. The van der Waals surface area contributed by atoms with E-state index < -0.39 is 12.0 Å². The molecule has 4 rings (SSSR count). The summed E-state index contributed by atoms with van der Waals surface area (Å²) in [4.78, 5) is 33.1. The molecule has 186 valence electrons. The number of hydrogen-bond donors (Lipinski definition) is 0. The highest BCUT2D eigenvalue weighted by molar-refractivity contribution is 7.98. The smallest absolute Gasteiger partial charge is 0.338 e. The predicted molar refractivity (Wildman–Crippen MR) is 143 cm³/mol. The average Bonchev–Trinajstić information content (AvgIpc) is 3.20. The molecular formula is C27H26N2O5S2. The van der Waals surface area contributed by atoms with E-state index in [-0.39, 0.29) is 12.2 Å². The average molecular weight is 523 g/mol. The van der Waals surface area contributed by atoms with Crippen LogP contribution in [0.25, 0.3) is 6.08 Å². The first-order valence-electron chi connectivity index (χ1n) is 11.1. The van der Waals surface area contributed by atoms with Crippen LogP contribution in [0.1, 0.15) is 24.1 Å². The lowest BCUT2D eigenvalue weighted by molar-refractivity contribution is -0.138. The lowest BCUT2D eigenvalue weighted by Gasteiger charge is -2.24. The van der Waals surface area contributed by atoms with E-state index in [2.05, 4.69) is 11.6 Å². The van der Waals surface area contributed by atoms with Crippen LogP contribution in [0.3, 0.4) is 0 Å². The fraction of sp³-hybridized carbons (Fsp3) is 0.222. The van der Waals surface area contributed by atoms with Gasteiger partial charge < -0.3 is 14.2 Å². The molecule has 1 aliphatic rings. The molecule has 0 spiro atoms. The number of nitrogens with zero attached hydrogens (tertiary/aromatic N) is 2. The van der Waals surface area contributed by atoms with Gasteiger partial charge in [0.05, 0.1) is 36.1 Å². The van der Waals surface area contributed by atoms with Crippen molar-refractivity contribution < 1.29 is 19.0 Å². The van der Waals surface area contributed by atoms with E-state index in [4.69, 9.17) is 14.2 Å². The normalized spacial score (nSPS) is 15.2. The number of carbonyl (C=O) groups excluding carboxylic acids is 1. The van der Waals surface area contributed by atoms with Crippen LogP contribution in [0, 0.1) is 0 Å². The Morgan fingerprint density at radius 1 is 1.19 bits per heavy atom. The minimum absolute atomic E-state index is 0.0649. The number of allylic oxidation sites excluding steroid dienone is 1. The van der Waals surface area contributed by atoms with Crippen LogP contribution in [0.15, 0.2) is 81.1 Å². The molecule has 1 unspecified atom stereocenters. The van der Waals surface area contributed by atoms with Crippen LogP contribution in [0.2, 0.25) is 0 Å². The summed E-state index contributed by atoms with van der Waals surface area (Å²) >= 11 is 2.88. The zero-order valence-corrected chi connectivity index (χ0v) is 22.1. The number of carbonyl (C=O) groups is 1. The van der Waals surface area contributed by atoms with Crippen molar-refractivity contribution in [2.45, 2.75) is 17.9 Å². The molecule has 0 amide bonds. The third-order valence-corrected chi connectivity index (χ3v) is 7.46. The van der Waals surface area contributed by atoms with Gasteiger partial charge in [0, 0.05) is 16.5 Å². The minimum atomic E-state index is -0.672. The van der Waals surface area contributed by atoms with Crippen molar-refractivity contribution in [1.29, 1.82) is 0 Å². The van der Waals surface area contributed by atoms with Gasteiger partial charge in [-0.15, -0.1) is 11.8 Å². The van der Waals surface area contributed by atoms with Gasteiger partial charge >= 0.3 is 5.97 Å². The number of benzene rings is 2. The van der Waals surface area contributed by atoms with Crippen molar-refractivity contribution in [2.24, 2.45) is 4.99 Å². The fourth-order valence-corrected chi connectivity index (χ4v) is 5.42. The van der Waals surface area contributed by atoms with Gasteiger partial charge in [-0.1, -0.05) is 36.1 Å². The van der Waals surface area contributed by atoms with Crippen LogP contribution in [-0.4, -0.2) is 37.6 Å². The molecule has 0 saturated heterocycles. The number of aromatic nitrogens is 1. The molecule has 0 bridgehead atoms. The molecule has 0 aliphatic carbocycles. The summed E-state index contributed by atoms with van der Waals surface area (Å²) in [5.41, 5.74) is 2.11. The van der Waals surface area contributed by atoms with E-state index in [1.807, 2.05) is 36.6 Å². The molecule has 2 heterocycles. The third-order valence-electron chi connectivity index (χ3n) is 5.73. The second-order valence-corrected chi connectivity index (χ2v) is 9.74. The zero-order valence-electron chi connectivity index (χ0n) is 20.4. The van der Waals surface area contributed by atoms with Gasteiger partial charge in [-0.25, -0.2) is 9.79 Å². The van der Waals surface area contributed by atoms with E-state index in [0.717, 1.165) is 16.0 Å². The number of ether oxygens (including phenoxy) is 3. The predicted octanol–water partition coefficient (Wildman–Crippen LogP) is 3.70. The Kier molecular flexibility index (Phi) is 7.81. The number of thiazole rings is 1. The van der Waals surface area contributed by atoms with Crippen LogP contribution in [-0.2, 0) is 9.53 Å². The summed E-state index contributed by atoms with van der Waals surface area (Å²) < 4.78 is 18.2. The number of methoxy groups -OCH3 is 2. The highest BCUT2D eigenvalue weighted by atomic mass is 32.2. The maximum atomic E-state index is 13.8. The third kappa shape index (κ3) is 4.89. The number of fused-ring (bicyclic) bond motifs is 1. The van der Waals surface area contributed by atoms with Gasteiger partial charge in [-0.05, 0) is 49.1 Å². The lowest BCUT2D eigenvalue weighted by atomic mass is 9.96. The van der Waals surface area contributed by atoms with Crippen molar-refractivity contribution in [1.82, 2.24) is 4.57 Å². The van der Waals surface area contributed by atoms with Gasteiger partial charge in [0.1, 0.15) is 18.1 Å². The van der Waals surface area contributed by atoms with Crippen LogP contribution in [0.4, 0.5) is 0 Å². The second kappa shape index (κ2) is 11.0. The molecule has 2 aromatic carbocycles. The zero-order chi connectivity index (χ0) is 25.8. The molecule has 0 fully saturated rings. The number of esters is 1. The Morgan fingerprint density at radius 3 is 2.58 bits per heavy atom. The van der Waals surface area contributed by atoms with Gasteiger partial charge in [0.2, 0.25) is 0 Å². The SMILES string of the molecule is C=CCOC(=O)C1=C(C)N=c2sc(=Cc3ccc(OC)cc3OC)c(=O)n2C1c1ccc(SC)cc1. The standard InChI is InChI=1S/C27H26N2O5S2/c1-6-13-34-26(31)23-16(2)28-27-29(24(23)17-8-11-20(35-5)12-9-17)25(30)22(36-27)14-18-7-10-19(32-3)15-21(18)33-4/h6-12,14-15,24H,1,13H2,2-5H3. The summed E-state index contributed by atoms with van der Waals surface area (Å²) in [6.45, 7) is 5.44. The molecule has 9 heteroatoms. The fourth-order valence-electron chi connectivity index (χ4n) is 3.98. The molecule has 36 heavy (non-hydrogen) atoms. The number of hydrogen-bond acceptors (Lipinski definition) is 8. The minimum Gasteiger partial charge on any atom is -0.497 e. The van der Waals surface area contributed by atoms with E-state index >= 15 is 0 Å². The van der Waals surface area contributed by atoms with Gasteiger partial charge in [-0.2, -0.15) is 0 Å². The molecule has 7 nitrogen and oxygen atoms in total. The van der Waals surface area contributed by atoms with Crippen LogP contribution < -0.4 is 24.4 Å². The highest BCUT2D eigenvalue weighted by Crippen LogP contribution is 2.32.